The van der Waals surface area contributed by atoms with Crippen molar-refractivity contribution in [2.45, 2.75) is 13.3 Å². The molecule has 7 nitrogen and oxygen atoms in total. The molecule has 0 bridgehead atoms. The Balaban J connectivity index is 1.29. The fourth-order valence-electron chi connectivity index (χ4n) is 4.12. The van der Waals surface area contributed by atoms with E-state index < -0.39 is 0 Å². The van der Waals surface area contributed by atoms with Gasteiger partial charge in [-0.1, -0.05) is 29.8 Å². The van der Waals surface area contributed by atoms with Gasteiger partial charge < -0.3 is 9.32 Å². The molecule has 0 aliphatic carbocycles. The van der Waals surface area contributed by atoms with Crippen LogP contribution in [0.25, 0.3) is 17.3 Å². The van der Waals surface area contributed by atoms with Crippen molar-refractivity contribution in [1.82, 2.24) is 19.5 Å². The van der Waals surface area contributed by atoms with Gasteiger partial charge in [-0.05, 0) is 49.7 Å². The first kappa shape index (κ1) is 20.7. The highest BCUT2D eigenvalue weighted by atomic mass is 35.5. The van der Waals surface area contributed by atoms with Gasteiger partial charge in [-0.15, -0.1) is 9.61 Å². The van der Waals surface area contributed by atoms with E-state index in [0.29, 0.717) is 28.6 Å². The van der Waals surface area contributed by atoms with E-state index in [1.165, 1.54) is 10.2 Å². The van der Waals surface area contributed by atoms with Gasteiger partial charge in [-0.3, -0.25) is 9.69 Å². The van der Waals surface area contributed by atoms with Gasteiger partial charge in [0.25, 0.3) is 5.56 Å². The summed E-state index contributed by atoms with van der Waals surface area (Å²) >= 11 is 5.96. The molecule has 0 saturated carbocycles. The standard InChI is InChI=1S/C24H24ClN5O2/c1-17-21(11-12-28-13-15-29(16-14-28)20-5-3-2-4-6-20)23(31)30-24(26-17)32-22(27-30)18-7-9-19(25)10-8-18/h2-10H,11-16H2,1H3. The van der Waals surface area contributed by atoms with Crippen molar-refractivity contribution < 1.29 is 4.42 Å². The number of hydrogen-bond donors (Lipinski definition) is 0. The minimum absolute atomic E-state index is 0.167. The molecular formula is C24H24ClN5O2. The summed E-state index contributed by atoms with van der Waals surface area (Å²) in [6.45, 7) is 6.56. The van der Waals surface area contributed by atoms with Crippen LogP contribution in [0.4, 0.5) is 5.69 Å². The largest absolute Gasteiger partial charge is 0.403 e. The molecule has 2 aromatic heterocycles. The van der Waals surface area contributed by atoms with E-state index >= 15 is 0 Å². The number of hydrogen-bond acceptors (Lipinski definition) is 6. The number of aromatic nitrogens is 3. The third kappa shape index (κ3) is 4.13. The fraction of sp³-hybridized carbons (Fsp3) is 0.292. The van der Waals surface area contributed by atoms with E-state index in [1.54, 1.807) is 24.3 Å². The zero-order valence-corrected chi connectivity index (χ0v) is 18.6. The van der Waals surface area contributed by atoms with Crippen molar-refractivity contribution in [3.05, 3.63) is 81.2 Å². The summed E-state index contributed by atoms with van der Waals surface area (Å²) in [6, 6.07) is 17.6. The molecule has 4 aromatic rings. The molecule has 32 heavy (non-hydrogen) atoms. The first-order valence-corrected chi connectivity index (χ1v) is 11.1. The lowest BCUT2D eigenvalue weighted by atomic mass is 10.1. The second kappa shape index (κ2) is 8.76. The molecule has 0 spiro atoms. The maximum Gasteiger partial charge on any atom is 0.328 e. The number of halogens is 1. The number of fused-ring (bicyclic) bond motifs is 1. The lowest BCUT2D eigenvalue weighted by molar-refractivity contribution is 0.260. The van der Waals surface area contributed by atoms with Crippen molar-refractivity contribution in [3.63, 3.8) is 0 Å². The molecule has 1 aliphatic heterocycles. The fourth-order valence-corrected chi connectivity index (χ4v) is 4.24. The Labute approximate surface area is 190 Å². The first-order valence-electron chi connectivity index (χ1n) is 10.8. The number of aryl methyl sites for hydroxylation is 1. The highest BCUT2D eigenvalue weighted by molar-refractivity contribution is 6.30. The lowest BCUT2D eigenvalue weighted by Gasteiger charge is -2.36. The molecule has 1 fully saturated rings. The van der Waals surface area contributed by atoms with Crippen LogP contribution in [0.3, 0.4) is 0 Å². The van der Waals surface area contributed by atoms with E-state index in [4.69, 9.17) is 16.0 Å². The second-order valence-electron chi connectivity index (χ2n) is 8.00. The van der Waals surface area contributed by atoms with Crippen LogP contribution in [0.15, 0.2) is 63.8 Å². The summed E-state index contributed by atoms with van der Waals surface area (Å²) in [5.41, 5.74) is 3.22. The van der Waals surface area contributed by atoms with E-state index in [-0.39, 0.29) is 11.4 Å². The molecule has 3 heterocycles. The van der Waals surface area contributed by atoms with E-state index in [1.807, 2.05) is 13.0 Å². The van der Waals surface area contributed by atoms with Crippen LogP contribution in [-0.2, 0) is 6.42 Å². The first-order chi connectivity index (χ1) is 15.6. The summed E-state index contributed by atoms with van der Waals surface area (Å²) in [4.78, 5) is 22.4. The molecule has 0 amide bonds. The van der Waals surface area contributed by atoms with Crippen LogP contribution in [0.1, 0.15) is 11.3 Å². The van der Waals surface area contributed by atoms with Gasteiger partial charge in [-0.2, -0.15) is 4.98 Å². The average Bonchev–Trinajstić information content (AvgIpc) is 3.24. The van der Waals surface area contributed by atoms with Crippen LogP contribution in [0, 0.1) is 6.92 Å². The van der Waals surface area contributed by atoms with Crippen LogP contribution in [0.2, 0.25) is 5.02 Å². The Kier molecular flexibility index (Phi) is 5.68. The van der Waals surface area contributed by atoms with Gasteiger partial charge in [0.2, 0.25) is 5.89 Å². The highest BCUT2D eigenvalue weighted by Crippen LogP contribution is 2.21. The molecule has 5 rings (SSSR count). The number of anilines is 1. The zero-order valence-electron chi connectivity index (χ0n) is 17.9. The van der Waals surface area contributed by atoms with E-state index in [0.717, 1.165) is 38.3 Å². The molecule has 1 saturated heterocycles. The number of piperazine rings is 1. The zero-order chi connectivity index (χ0) is 22.1. The molecular weight excluding hydrogens is 426 g/mol. The summed E-state index contributed by atoms with van der Waals surface area (Å²) in [5, 5.41) is 4.99. The van der Waals surface area contributed by atoms with Crippen molar-refractivity contribution in [1.29, 1.82) is 0 Å². The molecule has 2 aromatic carbocycles. The molecule has 0 atom stereocenters. The number of nitrogens with zero attached hydrogens (tertiary/aromatic N) is 5. The Bertz CT molecular complexity index is 1280. The predicted octanol–water partition coefficient (Wildman–Crippen LogP) is 3.68. The smallest absolute Gasteiger partial charge is 0.328 e. The maximum absolute atomic E-state index is 13.1. The van der Waals surface area contributed by atoms with Gasteiger partial charge in [0.1, 0.15) is 0 Å². The van der Waals surface area contributed by atoms with Gasteiger partial charge >= 0.3 is 5.84 Å². The molecule has 164 valence electrons. The van der Waals surface area contributed by atoms with E-state index in [9.17, 15) is 4.79 Å². The van der Waals surface area contributed by atoms with Crippen molar-refractivity contribution in [3.8, 4) is 11.5 Å². The molecule has 0 N–H and O–H groups in total. The van der Waals surface area contributed by atoms with Gasteiger partial charge in [-0.25, -0.2) is 0 Å². The minimum Gasteiger partial charge on any atom is -0.403 e. The average molecular weight is 450 g/mol. The highest BCUT2D eigenvalue weighted by Gasteiger charge is 2.20. The van der Waals surface area contributed by atoms with Gasteiger partial charge in [0.05, 0.1) is 5.69 Å². The Morgan fingerprint density at radius 1 is 1.00 bits per heavy atom. The summed E-state index contributed by atoms with van der Waals surface area (Å²) < 4.78 is 7.00. The monoisotopic (exact) mass is 449 g/mol. The summed E-state index contributed by atoms with van der Waals surface area (Å²) in [7, 11) is 0. The molecule has 8 heteroatoms. The summed E-state index contributed by atoms with van der Waals surface area (Å²) in [6.07, 6.45) is 0.634. The van der Waals surface area contributed by atoms with Crippen LogP contribution in [-0.4, -0.2) is 52.2 Å². The van der Waals surface area contributed by atoms with Crippen molar-refractivity contribution in [2.24, 2.45) is 0 Å². The lowest BCUT2D eigenvalue weighted by Crippen LogP contribution is -2.47. The number of para-hydroxylation sites is 1. The number of rotatable bonds is 5. The van der Waals surface area contributed by atoms with Gasteiger partial charge in [0.15, 0.2) is 0 Å². The quantitative estimate of drug-likeness (QED) is 0.463. The topological polar surface area (TPSA) is 66.9 Å². The molecule has 1 aliphatic rings. The number of benzene rings is 2. The molecule has 0 unspecified atom stereocenters. The predicted molar refractivity (Wildman–Crippen MR) is 126 cm³/mol. The maximum atomic E-state index is 13.1. The minimum atomic E-state index is -0.167. The third-order valence-electron chi connectivity index (χ3n) is 5.97. The van der Waals surface area contributed by atoms with Gasteiger partial charge in [0, 0.05) is 54.6 Å². The van der Waals surface area contributed by atoms with Crippen LogP contribution in [0.5, 0.6) is 0 Å². The normalized spacial score (nSPS) is 14.9. The third-order valence-corrected chi connectivity index (χ3v) is 6.23. The molecule has 0 radical (unpaired) electrons. The van der Waals surface area contributed by atoms with Crippen molar-refractivity contribution >= 4 is 23.1 Å². The SMILES string of the molecule is Cc1nc2oc(-c3ccc(Cl)cc3)nn2c(=O)c1CCN1CCN(c2ccccc2)CC1. The van der Waals surface area contributed by atoms with E-state index in [2.05, 4.69) is 44.1 Å². The van der Waals surface area contributed by atoms with Crippen LogP contribution >= 0.6 is 11.6 Å². The van der Waals surface area contributed by atoms with Crippen molar-refractivity contribution in [2.75, 3.05) is 37.6 Å². The summed E-state index contributed by atoms with van der Waals surface area (Å²) in [5.74, 6) is 0.553. The Hall–Kier alpha value is -3.16. The Morgan fingerprint density at radius 2 is 1.72 bits per heavy atom. The second-order valence-corrected chi connectivity index (χ2v) is 8.44. The Morgan fingerprint density at radius 3 is 2.44 bits per heavy atom. The van der Waals surface area contributed by atoms with Crippen LogP contribution < -0.4 is 10.5 Å².